The van der Waals surface area contributed by atoms with Gasteiger partial charge in [0.2, 0.25) is 11.0 Å². The molecule has 0 radical (unpaired) electrons. The molecule has 1 atom stereocenters. The van der Waals surface area contributed by atoms with Crippen LogP contribution in [0.3, 0.4) is 0 Å². The van der Waals surface area contributed by atoms with Crippen molar-refractivity contribution in [1.82, 2.24) is 20.0 Å². The number of amides is 1. The molecule has 2 N–H and O–H groups in total. The minimum Gasteiger partial charge on any atom is -0.508 e. The molecular weight excluding hydrogens is 446 g/mol. The maximum Gasteiger partial charge on any atom is 0.232 e. The molecule has 5 aromatic rings. The van der Waals surface area contributed by atoms with Crippen molar-refractivity contribution in [3.8, 4) is 11.4 Å². The molecule has 0 bridgehead atoms. The van der Waals surface area contributed by atoms with Crippen LogP contribution in [0.15, 0.2) is 84.5 Å². The van der Waals surface area contributed by atoms with E-state index in [1.807, 2.05) is 61.1 Å². The molecule has 1 amide bonds. The smallest absolute Gasteiger partial charge is 0.232 e. The molecule has 3 aromatic carbocycles. The number of hydrogen-bond donors (Lipinski definition) is 2. The molecule has 2 heterocycles. The summed E-state index contributed by atoms with van der Waals surface area (Å²) in [4.78, 5) is 13.4. The number of aromatic nitrogens is 4. The fraction of sp³-hybridized carbons (Fsp3) is 0.154. The van der Waals surface area contributed by atoms with Gasteiger partial charge < -0.3 is 10.4 Å². The van der Waals surface area contributed by atoms with Gasteiger partial charge in [-0.1, -0.05) is 61.6 Å². The van der Waals surface area contributed by atoms with Crippen molar-refractivity contribution in [2.24, 2.45) is 5.41 Å². The Kier molecular flexibility index (Phi) is 5.59. The van der Waals surface area contributed by atoms with E-state index in [-0.39, 0.29) is 17.6 Å². The lowest BCUT2D eigenvalue weighted by atomic mass is 9.70. The van der Waals surface area contributed by atoms with Crippen LogP contribution in [-0.4, -0.2) is 31.0 Å². The maximum atomic E-state index is 13.4. The Labute approximate surface area is 200 Å². The van der Waals surface area contributed by atoms with Gasteiger partial charge in [-0.25, -0.2) is 4.68 Å². The Morgan fingerprint density at radius 2 is 1.79 bits per heavy atom. The molecule has 8 heteroatoms. The van der Waals surface area contributed by atoms with Gasteiger partial charge in [-0.05, 0) is 47.5 Å². The van der Waals surface area contributed by atoms with E-state index in [0.717, 1.165) is 27.7 Å². The van der Waals surface area contributed by atoms with Crippen molar-refractivity contribution >= 4 is 33.3 Å². The van der Waals surface area contributed by atoms with Gasteiger partial charge in [-0.15, -0.1) is 10.2 Å². The number of aromatic hydroxyl groups is 1. The van der Waals surface area contributed by atoms with E-state index in [4.69, 9.17) is 0 Å². The quantitative estimate of drug-likeness (QED) is 0.348. The highest BCUT2D eigenvalue weighted by Crippen LogP contribution is 2.42. The summed E-state index contributed by atoms with van der Waals surface area (Å²) in [5, 5.41) is 26.3. The number of phenols is 1. The standard InChI is InChI=1S/C26H23N5O2S/c1-26(2,24(33)29-25-30-27-16-34-25)23(17-6-4-3-5-7-17)18-8-13-22-19(14-18)15-28-31(22)20-9-11-21(32)12-10-20/h3-16,23,32H,1-2H3,(H,29,30,33). The SMILES string of the molecule is CC(C)(C(=O)Nc1nncs1)C(c1ccccc1)c1ccc2c(cnn2-c2ccc(O)cc2)c1. The van der Waals surface area contributed by atoms with Crippen LogP contribution in [0.25, 0.3) is 16.6 Å². The minimum atomic E-state index is -0.784. The fourth-order valence-electron chi connectivity index (χ4n) is 4.32. The predicted octanol–water partition coefficient (Wildman–Crippen LogP) is 5.38. The lowest BCUT2D eigenvalue weighted by Crippen LogP contribution is -2.37. The van der Waals surface area contributed by atoms with Gasteiger partial charge in [-0.3, -0.25) is 4.79 Å². The van der Waals surface area contributed by atoms with Crippen molar-refractivity contribution in [2.75, 3.05) is 5.32 Å². The highest BCUT2D eigenvalue weighted by molar-refractivity contribution is 7.13. The van der Waals surface area contributed by atoms with Crippen molar-refractivity contribution in [3.05, 3.63) is 95.6 Å². The summed E-state index contributed by atoms with van der Waals surface area (Å²) < 4.78 is 1.84. The van der Waals surface area contributed by atoms with E-state index in [2.05, 4.69) is 44.9 Å². The van der Waals surface area contributed by atoms with Crippen LogP contribution in [0.4, 0.5) is 5.13 Å². The van der Waals surface area contributed by atoms with Crippen molar-refractivity contribution in [2.45, 2.75) is 19.8 Å². The molecule has 0 fully saturated rings. The van der Waals surface area contributed by atoms with Gasteiger partial charge in [0.15, 0.2) is 0 Å². The molecule has 1 unspecified atom stereocenters. The number of rotatable bonds is 6. The summed E-state index contributed by atoms with van der Waals surface area (Å²) in [7, 11) is 0. The first-order valence-electron chi connectivity index (χ1n) is 10.8. The first-order valence-corrected chi connectivity index (χ1v) is 11.7. The van der Waals surface area contributed by atoms with Gasteiger partial charge in [0.1, 0.15) is 11.3 Å². The monoisotopic (exact) mass is 469 g/mol. The second-order valence-electron chi connectivity index (χ2n) is 8.65. The normalized spacial score (nSPS) is 12.5. The number of carbonyl (C=O) groups is 1. The summed E-state index contributed by atoms with van der Waals surface area (Å²) in [6.07, 6.45) is 1.82. The third-order valence-corrected chi connectivity index (χ3v) is 6.65. The number of benzene rings is 3. The number of anilines is 1. The van der Waals surface area contributed by atoms with Crippen LogP contribution in [0, 0.1) is 5.41 Å². The summed E-state index contributed by atoms with van der Waals surface area (Å²) >= 11 is 1.29. The van der Waals surface area contributed by atoms with E-state index in [1.165, 1.54) is 11.3 Å². The van der Waals surface area contributed by atoms with Gasteiger partial charge in [0.05, 0.1) is 22.8 Å². The van der Waals surface area contributed by atoms with Crippen LogP contribution in [0.5, 0.6) is 5.75 Å². The van der Waals surface area contributed by atoms with Crippen LogP contribution < -0.4 is 5.32 Å². The second-order valence-corrected chi connectivity index (χ2v) is 9.49. The van der Waals surface area contributed by atoms with Gasteiger partial charge in [0.25, 0.3) is 0 Å². The Balaban J connectivity index is 1.57. The van der Waals surface area contributed by atoms with E-state index < -0.39 is 5.41 Å². The molecule has 7 nitrogen and oxygen atoms in total. The zero-order valence-corrected chi connectivity index (χ0v) is 19.5. The van der Waals surface area contributed by atoms with Crippen molar-refractivity contribution in [3.63, 3.8) is 0 Å². The zero-order chi connectivity index (χ0) is 23.7. The molecule has 0 aliphatic heterocycles. The topological polar surface area (TPSA) is 92.9 Å². The minimum absolute atomic E-state index is 0.127. The highest BCUT2D eigenvalue weighted by atomic mass is 32.1. The molecule has 0 aliphatic carbocycles. The molecular formula is C26H23N5O2S. The lowest BCUT2D eigenvalue weighted by Gasteiger charge is -2.33. The average Bonchev–Trinajstić information content (AvgIpc) is 3.50. The summed E-state index contributed by atoms with van der Waals surface area (Å²) in [5.41, 5.74) is 4.67. The largest absolute Gasteiger partial charge is 0.508 e. The number of phenolic OH excluding ortho intramolecular Hbond substituents is 1. The zero-order valence-electron chi connectivity index (χ0n) is 18.7. The fourth-order valence-corrected chi connectivity index (χ4v) is 4.76. The molecule has 0 spiro atoms. The van der Waals surface area contributed by atoms with E-state index in [1.54, 1.807) is 17.6 Å². The maximum absolute atomic E-state index is 13.4. The predicted molar refractivity (Wildman–Crippen MR) is 133 cm³/mol. The Hall–Kier alpha value is -4.04. The van der Waals surface area contributed by atoms with Crippen LogP contribution >= 0.6 is 11.3 Å². The summed E-state index contributed by atoms with van der Waals surface area (Å²) in [6, 6.07) is 23.2. The number of nitrogens with one attached hydrogen (secondary N) is 1. The molecule has 0 saturated heterocycles. The Bertz CT molecular complexity index is 1430. The van der Waals surface area contributed by atoms with E-state index >= 15 is 0 Å². The Morgan fingerprint density at radius 3 is 2.50 bits per heavy atom. The van der Waals surface area contributed by atoms with Crippen LogP contribution in [-0.2, 0) is 4.79 Å². The molecule has 5 rings (SSSR count). The van der Waals surface area contributed by atoms with Gasteiger partial charge in [-0.2, -0.15) is 5.10 Å². The number of fused-ring (bicyclic) bond motifs is 1. The van der Waals surface area contributed by atoms with Crippen LogP contribution in [0.1, 0.15) is 30.9 Å². The highest BCUT2D eigenvalue weighted by Gasteiger charge is 2.39. The molecule has 2 aromatic heterocycles. The number of carbonyl (C=O) groups excluding carboxylic acids is 1. The third kappa shape index (κ3) is 4.04. The second kappa shape index (κ2) is 8.72. The Morgan fingerprint density at radius 1 is 1.03 bits per heavy atom. The lowest BCUT2D eigenvalue weighted by molar-refractivity contribution is -0.124. The van der Waals surface area contributed by atoms with Crippen LogP contribution in [0.2, 0.25) is 0 Å². The average molecular weight is 470 g/mol. The number of hydrogen-bond acceptors (Lipinski definition) is 6. The first-order chi connectivity index (χ1) is 16.4. The third-order valence-electron chi connectivity index (χ3n) is 6.04. The van der Waals surface area contributed by atoms with E-state index in [9.17, 15) is 9.90 Å². The van der Waals surface area contributed by atoms with Gasteiger partial charge in [0, 0.05) is 11.3 Å². The van der Waals surface area contributed by atoms with Gasteiger partial charge >= 0.3 is 0 Å². The van der Waals surface area contributed by atoms with Crippen molar-refractivity contribution in [1.29, 1.82) is 0 Å². The first kappa shape index (κ1) is 21.8. The van der Waals surface area contributed by atoms with Crippen molar-refractivity contribution < 1.29 is 9.90 Å². The molecule has 0 aliphatic rings. The molecule has 34 heavy (non-hydrogen) atoms. The number of nitrogens with zero attached hydrogens (tertiary/aromatic N) is 4. The molecule has 170 valence electrons. The molecule has 0 saturated carbocycles. The summed E-state index contributed by atoms with van der Waals surface area (Å²) in [5.74, 6) is -0.122. The summed E-state index contributed by atoms with van der Waals surface area (Å²) in [6.45, 7) is 3.90. The van der Waals surface area contributed by atoms with E-state index in [0.29, 0.717) is 5.13 Å².